The Morgan fingerprint density at radius 2 is 2.20 bits per heavy atom. The number of nitrogens with zero attached hydrogens (tertiary/aromatic N) is 1. The molecule has 0 aromatic heterocycles. The molecule has 3 heteroatoms. The van der Waals surface area contributed by atoms with Crippen molar-refractivity contribution >= 4 is 5.97 Å². The summed E-state index contributed by atoms with van der Waals surface area (Å²) in [5, 5.41) is 9.22. The van der Waals surface area contributed by atoms with E-state index >= 15 is 0 Å². The molecular formula is C12H23NO2. The second-order valence-electron chi connectivity index (χ2n) is 4.74. The first-order valence-electron chi connectivity index (χ1n) is 6.06. The van der Waals surface area contributed by atoms with Crippen LogP contribution in [0.15, 0.2) is 0 Å². The van der Waals surface area contributed by atoms with E-state index in [0.29, 0.717) is 12.0 Å². The van der Waals surface area contributed by atoms with Crippen LogP contribution < -0.4 is 0 Å². The highest BCUT2D eigenvalue weighted by Crippen LogP contribution is 2.26. The fraction of sp³-hybridized carbons (Fsp3) is 0.917. The number of hydrogen-bond acceptors (Lipinski definition) is 2. The lowest BCUT2D eigenvalue weighted by molar-refractivity contribution is -0.145. The zero-order valence-electron chi connectivity index (χ0n) is 10.1. The van der Waals surface area contributed by atoms with Crippen LogP contribution in [0.25, 0.3) is 0 Å². The van der Waals surface area contributed by atoms with E-state index in [2.05, 4.69) is 18.7 Å². The van der Waals surface area contributed by atoms with Crippen LogP contribution in [0.2, 0.25) is 0 Å². The van der Waals surface area contributed by atoms with Gasteiger partial charge in [-0.3, -0.25) is 9.69 Å². The molecule has 0 bridgehead atoms. The van der Waals surface area contributed by atoms with Gasteiger partial charge in [0.15, 0.2) is 0 Å². The summed E-state index contributed by atoms with van der Waals surface area (Å²) in [6.07, 6.45) is 4.08. The van der Waals surface area contributed by atoms with E-state index < -0.39 is 5.97 Å². The van der Waals surface area contributed by atoms with E-state index in [-0.39, 0.29) is 6.04 Å². The quantitative estimate of drug-likeness (QED) is 0.779. The van der Waals surface area contributed by atoms with Crippen LogP contribution >= 0.6 is 0 Å². The molecule has 0 spiro atoms. The fourth-order valence-corrected chi connectivity index (χ4v) is 2.51. The molecule has 3 unspecified atom stereocenters. The van der Waals surface area contributed by atoms with Gasteiger partial charge in [0.25, 0.3) is 0 Å². The van der Waals surface area contributed by atoms with E-state index in [1.807, 2.05) is 6.92 Å². The zero-order chi connectivity index (χ0) is 11.4. The lowest BCUT2D eigenvalue weighted by Gasteiger charge is -2.41. The van der Waals surface area contributed by atoms with E-state index in [1.54, 1.807) is 0 Å². The van der Waals surface area contributed by atoms with E-state index in [4.69, 9.17) is 0 Å². The normalized spacial score (nSPS) is 30.1. The predicted molar refractivity (Wildman–Crippen MR) is 60.9 cm³/mol. The summed E-state index contributed by atoms with van der Waals surface area (Å²) in [6, 6.07) is 0.138. The molecular weight excluding hydrogens is 190 g/mol. The maximum absolute atomic E-state index is 11.2. The van der Waals surface area contributed by atoms with Gasteiger partial charge in [0.05, 0.1) is 0 Å². The van der Waals surface area contributed by atoms with Crippen LogP contribution in [0.4, 0.5) is 0 Å². The molecule has 15 heavy (non-hydrogen) atoms. The van der Waals surface area contributed by atoms with Gasteiger partial charge in [0.2, 0.25) is 0 Å². The fourth-order valence-electron chi connectivity index (χ4n) is 2.51. The van der Waals surface area contributed by atoms with Gasteiger partial charge in [-0.1, -0.05) is 20.3 Å². The summed E-state index contributed by atoms with van der Waals surface area (Å²) in [4.78, 5) is 13.4. The molecule has 1 saturated heterocycles. The van der Waals surface area contributed by atoms with Gasteiger partial charge in [-0.25, -0.2) is 0 Å². The predicted octanol–water partition coefficient (Wildman–Crippen LogP) is 2.36. The SMILES string of the molecule is CCCC(C(=O)O)N1CCCC(C)C1C. The number of carbonyl (C=O) groups is 1. The second-order valence-corrected chi connectivity index (χ2v) is 4.74. The third kappa shape index (κ3) is 2.94. The molecule has 0 aliphatic carbocycles. The van der Waals surface area contributed by atoms with Crippen LogP contribution in [-0.4, -0.2) is 34.6 Å². The molecule has 1 heterocycles. The lowest BCUT2D eigenvalue weighted by Crippen LogP contribution is -2.51. The molecule has 1 N–H and O–H groups in total. The highest BCUT2D eigenvalue weighted by molar-refractivity contribution is 5.73. The largest absolute Gasteiger partial charge is 0.480 e. The molecule has 88 valence electrons. The zero-order valence-corrected chi connectivity index (χ0v) is 10.1. The van der Waals surface area contributed by atoms with Crippen molar-refractivity contribution in [3.05, 3.63) is 0 Å². The number of aliphatic carboxylic acids is 1. The van der Waals surface area contributed by atoms with Crippen LogP contribution in [-0.2, 0) is 4.79 Å². The Bertz CT molecular complexity index is 218. The smallest absolute Gasteiger partial charge is 0.320 e. The van der Waals surface area contributed by atoms with Crippen molar-refractivity contribution in [1.29, 1.82) is 0 Å². The lowest BCUT2D eigenvalue weighted by atomic mass is 9.90. The summed E-state index contributed by atoms with van der Waals surface area (Å²) in [6.45, 7) is 7.38. The van der Waals surface area contributed by atoms with Crippen LogP contribution in [0.5, 0.6) is 0 Å². The maximum Gasteiger partial charge on any atom is 0.320 e. The van der Waals surface area contributed by atoms with Gasteiger partial charge in [0, 0.05) is 6.04 Å². The molecule has 1 rings (SSSR count). The number of piperidine rings is 1. The van der Waals surface area contributed by atoms with Gasteiger partial charge in [-0.15, -0.1) is 0 Å². The molecule has 3 nitrogen and oxygen atoms in total. The Kier molecular flexibility index (Phi) is 4.58. The average Bonchev–Trinajstić information content (AvgIpc) is 2.19. The minimum atomic E-state index is -0.655. The van der Waals surface area contributed by atoms with Gasteiger partial charge in [0.1, 0.15) is 6.04 Å². The first-order valence-corrected chi connectivity index (χ1v) is 6.06. The monoisotopic (exact) mass is 213 g/mol. The number of carboxylic acids is 1. The topological polar surface area (TPSA) is 40.5 Å². The second kappa shape index (κ2) is 5.50. The van der Waals surface area contributed by atoms with Crippen molar-refractivity contribution in [3.8, 4) is 0 Å². The van der Waals surface area contributed by atoms with E-state index in [1.165, 1.54) is 6.42 Å². The minimum Gasteiger partial charge on any atom is -0.480 e. The summed E-state index contributed by atoms with van der Waals surface area (Å²) in [5.74, 6) is -0.0322. The standard InChI is InChI=1S/C12H23NO2/c1-4-6-11(12(14)15)13-8-5-7-9(2)10(13)3/h9-11H,4-8H2,1-3H3,(H,14,15). The maximum atomic E-state index is 11.2. The van der Waals surface area contributed by atoms with Crippen molar-refractivity contribution < 1.29 is 9.90 Å². The van der Waals surface area contributed by atoms with E-state index in [9.17, 15) is 9.90 Å². The van der Waals surface area contributed by atoms with E-state index in [0.717, 1.165) is 25.8 Å². The van der Waals surface area contributed by atoms with Crippen molar-refractivity contribution in [2.45, 2.75) is 58.5 Å². The van der Waals surface area contributed by atoms with Crippen molar-refractivity contribution in [2.75, 3.05) is 6.54 Å². The van der Waals surface area contributed by atoms with Gasteiger partial charge in [-0.2, -0.15) is 0 Å². The van der Waals surface area contributed by atoms with Crippen LogP contribution in [0.1, 0.15) is 46.5 Å². The molecule has 0 radical (unpaired) electrons. The van der Waals surface area contributed by atoms with Crippen LogP contribution in [0.3, 0.4) is 0 Å². The minimum absolute atomic E-state index is 0.271. The van der Waals surface area contributed by atoms with Crippen LogP contribution in [0, 0.1) is 5.92 Å². The molecule has 0 amide bonds. The Morgan fingerprint density at radius 3 is 2.73 bits per heavy atom. The molecule has 1 aliphatic rings. The molecule has 0 aromatic rings. The van der Waals surface area contributed by atoms with Gasteiger partial charge >= 0.3 is 5.97 Å². The summed E-state index contributed by atoms with van der Waals surface area (Å²) in [7, 11) is 0. The summed E-state index contributed by atoms with van der Waals surface area (Å²) in [5.41, 5.74) is 0. The number of carboxylic acid groups (broad SMARTS) is 1. The number of rotatable bonds is 4. The Balaban J connectivity index is 2.68. The molecule has 0 aromatic carbocycles. The third-order valence-corrected chi connectivity index (χ3v) is 3.67. The molecule has 3 atom stereocenters. The van der Waals surface area contributed by atoms with Crippen molar-refractivity contribution in [3.63, 3.8) is 0 Å². The Morgan fingerprint density at radius 1 is 1.53 bits per heavy atom. The van der Waals surface area contributed by atoms with Crippen molar-refractivity contribution in [2.24, 2.45) is 5.92 Å². The average molecular weight is 213 g/mol. The van der Waals surface area contributed by atoms with Crippen molar-refractivity contribution in [1.82, 2.24) is 4.90 Å². The highest BCUT2D eigenvalue weighted by atomic mass is 16.4. The van der Waals surface area contributed by atoms with Gasteiger partial charge < -0.3 is 5.11 Å². The number of hydrogen-bond donors (Lipinski definition) is 1. The molecule has 1 fully saturated rings. The Labute approximate surface area is 92.5 Å². The van der Waals surface area contributed by atoms with Gasteiger partial charge in [-0.05, 0) is 38.6 Å². The summed E-state index contributed by atoms with van der Waals surface area (Å²) >= 11 is 0. The number of likely N-dealkylation sites (tertiary alicyclic amines) is 1. The first-order chi connectivity index (χ1) is 7.07. The Hall–Kier alpha value is -0.570. The first kappa shape index (κ1) is 12.5. The molecule has 1 aliphatic heterocycles. The summed E-state index contributed by atoms with van der Waals surface area (Å²) < 4.78 is 0. The third-order valence-electron chi connectivity index (χ3n) is 3.67. The molecule has 0 saturated carbocycles. The highest BCUT2D eigenvalue weighted by Gasteiger charge is 2.33.